The first-order valence-corrected chi connectivity index (χ1v) is 26.7. The second-order valence-electron chi connectivity index (χ2n) is 17.0. The smallest absolute Gasteiger partial charge is 0.472 e. The summed E-state index contributed by atoms with van der Waals surface area (Å²) in [6.07, 6.45) is 49.0. The monoisotopic (exact) mass is 952 g/mol. The van der Waals surface area contributed by atoms with Crippen molar-refractivity contribution in [3.8, 4) is 0 Å². The second kappa shape index (κ2) is 45.6. The van der Waals surface area contributed by atoms with Gasteiger partial charge in [-0.1, -0.05) is 215 Å². The molecule has 1 unspecified atom stereocenters. The molecule has 66 heavy (non-hydrogen) atoms. The minimum absolute atomic E-state index is 0.0219. The van der Waals surface area contributed by atoms with Gasteiger partial charge in [0, 0.05) is 12.8 Å². The summed E-state index contributed by atoms with van der Waals surface area (Å²) in [5, 5.41) is 28.9. The van der Waals surface area contributed by atoms with E-state index in [4.69, 9.17) is 24.8 Å². The van der Waals surface area contributed by atoms with Crippen LogP contribution in [0.5, 0.6) is 0 Å². The molecule has 0 aromatic heterocycles. The zero-order valence-corrected chi connectivity index (χ0v) is 41.6. The van der Waals surface area contributed by atoms with Crippen LogP contribution >= 0.6 is 7.82 Å². The number of unbranched alkanes of at least 4 members (excludes halogenated alkanes) is 20. The number of aliphatic hydroxyl groups is 2. The third-order valence-electron chi connectivity index (χ3n) is 10.6. The molecule has 14 heteroatoms. The predicted octanol–water partition coefficient (Wildman–Crippen LogP) is 12.0. The van der Waals surface area contributed by atoms with Gasteiger partial charge in [0.1, 0.15) is 12.6 Å². The van der Waals surface area contributed by atoms with E-state index >= 15 is 0 Å². The fourth-order valence-corrected chi connectivity index (χ4v) is 7.46. The molecule has 380 valence electrons. The van der Waals surface area contributed by atoms with Gasteiger partial charge in [-0.15, -0.1) is 0 Å². The van der Waals surface area contributed by atoms with Gasteiger partial charge in [-0.2, -0.15) is 0 Å². The van der Waals surface area contributed by atoms with E-state index in [0.29, 0.717) is 32.1 Å². The van der Waals surface area contributed by atoms with E-state index in [1.165, 1.54) is 109 Å². The third-order valence-corrected chi connectivity index (χ3v) is 11.6. The Kier molecular flexibility index (Phi) is 43.4. The average Bonchev–Trinajstić information content (AvgIpc) is 3.29. The Morgan fingerprint density at radius 2 is 1.02 bits per heavy atom. The van der Waals surface area contributed by atoms with E-state index in [2.05, 4.69) is 11.4 Å². The molecule has 13 nitrogen and oxygen atoms in total. The molecule has 0 amide bonds. The number of carbonyl (C=O) groups excluding carboxylic acids is 2. The second-order valence-corrected chi connectivity index (χ2v) is 18.4. The zero-order chi connectivity index (χ0) is 48.8. The Bertz CT molecular complexity index is 1430. The highest BCUT2D eigenvalue weighted by atomic mass is 31.2. The number of rotatable bonds is 46. The first kappa shape index (κ1) is 62.8. The molecule has 0 saturated heterocycles. The van der Waals surface area contributed by atoms with Gasteiger partial charge >= 0.3 is 25.7 Å². The fourth-order valence-electron chi connectivity index (χ4n) is 6.68. The van der Waals surface area contributed by atoms with Crippen molar-refractivity contribution in [3.63, 3.8) is 0 Å². The number of phosphoric acid groups is 1. The summed E-state index contributed by atoms with van der Waals surface area (Å²) in [6, 6.07) is -1.55. The van der Waals surface area contributed by atoms with Crippen LogP contribution in [0, 0.1) is 0 Å². The molecule has 0 aromatic rings. The highest BCUT2D eigenvalue weighted by molar-refractivity contribution is 7.47. The van der Waals surface area contributed by atoms with E-state index in [-0.39, 0.29) is 12.8 Å². The van der Waals surface area contributed by atoms with Crippen LogP contribution in [-0.4, -0.2) is 82.3 Å². The number of esters is 2. The van der Waals surface area contributed by atoms with Gasteiger partial charge in [0.2, 0.25) is 0 Å². The van der Waals surface area contributed by atoms with Crippen molar-refractivity contribution in [2.45, 2.75) is 218 Å². The number of carboxylic acid groups (broad SMARTS) is 1. The minimum Gasteiger partial charge on any atom is -0.480 e. The Balaban J connectivity index is 4.45. The summed E-state index contributed by atoms with van der Waals surface area (Å²) in [6.45, 7) is 2.46. The molecule has 0 bridgehead atoms. The van der Waals surface area contributed by atoms with E-state index in [1.54, 1.807) is 42.5 Å². The maximum absolute atomic E-state index is 12.7. The number of ether oxygens (including phenoxy) is 2. The SMILES string of the molecule is CC/C=C\C[C@H](O)/C=C/C=C\C=C\[C@H](O)C/C=C\C/C=C\CCC(=O)O[C@H](COC(=O)CCCCCCCCCCCCCCCCCCCCCCC)COP(=O)(O)OC[C@H](N)C(=O)O. The molecule has 0 fully saturated rings. The van der Waals surface area contributed by atoms with E-state index in [0.717, 1.165) is 25.7 Å². The van der Waals surface area contributed by atoms with Crippen LogP contribution < -0.4 is 5.73 Å². The quantitative estimate of drug-likeness (QED) is 0.0126. The highest BCUT2D eigenvalue weighted by Gasteiger charge is 2.28. The van der Waals surface area contributed by atoms with Crippen LogP contribution in [0.3, 0.4) is 0 Å². The molecule has 0 aliphatic rings. The molecule has 0 aliphatic carbocycles. The van der Waals surface area contributed by atoms with Gasteiger partial charge in [-0.25, -0.2) is 4.57 Å². The van der Waals surface area contributed by atoms with Gasteiger partial charge in [0.15, 0.2) is 6.10 Å². The first-order chi connectivity index (χ1) is 31.9. The summed E-state index contributed by atoms with van der Waals surface area (Å²) in [5.74, 6) is -2.57. The highest BCUT2D eigenvalue weighted by Crippen LogP contribution is 2.43. The standard InChI is InChI=1S/C52H90NO12P/c1-3-5-7-8-9-10-11-12-13-14-15-16-17-18-19-20-21-22-23-27-35-41-50(56)62-43-48(44-63-66(60,61)64-45-49(53)52(58)59)65-51(57)42-36-28-25-24-26-32-38-47(55)40-34-30-29-33-39-46(54)37-31-6-4-2/h6,25-26,28-34,39-40,46-49,54-55H,3-5,7-24,27,35-38,41-45,53H2,1-2H3,(H,58,59)(H,60,61)/b28-25-,30-29-,31-6-,32-26-,39-33+,40-34+/t46-,47+,48+,49-/m0/s1. The number of allylic oxidation sites excluding steroid dienone is 8. The van der Waals surface area contributed by atoms with Crippen LogP contribution in [0.2, 0.25) is 0 Å². The van der Waals surface area contributed by atoms with E-state index < -0.39 is 69.9 Å². The fraction of sp³-hybridized carbons (Fsp3) is 0.712. The predicted molar refractivity (Wildman–Crippen MR) is 266 cm³/mol. The van der Waals surface area contributed by atoms with Crippen molar-refractivity contribution in [2.24, 2.45) is 5.73 Å². The summed E-state index contributed by atoms with van der Waals surface area (Å²) in [4.78, 5) is 46.1. The lowest BCUT2D eigenvalue weighted by Gasteiger charge is -2.20. The number of phosphoric ester groups is 1. The molecular formula is C52H90NO12P. The Hall–Kier alpha value is -3.16. The molecular weight excluding hydrogens is 862 g/mol. The number of aliphatic hydroxyl groups excluding tert-OH is 2. The number of nitrogens with two attached hydrogens (primary N) is 1. The zero-order valence-electron chi connectivity index (χ0n) is 40.7. The van der Waals surface area contributed by atoms with Crippen LogP contribution in [-0.2, 0) is 37.5 Å². The molecule has 0 heterocycles. The first-order valence-electron chi connectivity index (χ1n) is 25.2. The van der Waals surface area contributed by atoms with Gasteiger partial charge < -0.3 is 35.4 Å². The maximum Gasteiger partial charge on any atom is 0.472 e. The Labute approximate surface area is 398 Å². The minimum atomic E-state index is -4.77. The summed E-state index contributed by atoms with van der Waals surface area (Å²) in [5.41, 5.74) is 5.34. The van der Waals surface area contributed by atoms with Crippen molar-refractivity contribution in [1.29, 1.82) is 0 Å². The lowest BCUT2D eigenvalue weighted by Crippen LogP contribution is -2.34. The van der Waals surface area contributed by atoms with Crippen molar-refractivity contribution < 1.29 is 57.7 Å². The van der Waals surface area contributed by atoms with Gasteiger partial charge in [0.25, 0.3) is 0 Å². The van der Waals surface area contributed by atoms with Crippen LogP contribution in [0.15, 0.2) is 72.9 Å². The molecule has 0 spiro atoms. The number of aliphatic carboxylic acids is 1. The number of carbonyl (C=O) groups is 3. The lowest BCUT2D eigenvalue weighted by molar-refractivity contribution is -0.161. The molecule has 6 N–H and O–H groups in total. The van der Waals surface area contributed by atoms with Crippen molar-refractivity contribution in [1.82, 2.24) is 0 Å². The molecule has 0 aliphatic heterocycles. The average molecular weight is 952 g/mol. The number of hydrogen-bond donors (Lipinski definition) is 5. The number of carboxylic acids is 1. The Morgan fingerprint density at radius 1 is 0.561 bits per heavy atom. The summed E-state index contributed by atoms with van der Waals surface area (Å²) >= 11 is 0. The van der Waals surface area contributed by atoms with Crippen LogP contribution in [0.4, 0.5) is 0 Å². The van der Waals surface area contributed by atoms with Gasteiger partial charge in [-0.05, 0) is 38.5 Å². The van der Waals surface area contributed by atoms with Crippen molar-refractivity contribution in [3.05, 3.63) is 72.9 Å². The van der Waals surface area contributed by atoms with Crippen molar-refractivity contribution in [2.75, 3.05) is 19.8 Å². The topological polar surface area (TPSA) is 212 Å². The van der Waals surface area contributed by atoms with Crippen molar-refractivity contribution >= 4 is 25.7 Å². The Morgan fingerprint density at radius 3 is 1.50 bits per heavy atom. The maximum atomic E-state index is 12.7. The third kappa shape index (κ3) is 44.7. The molecule has 0 rings (SSSR count). The molecule has 0 aromatic carbocycles. The van der Waals surface area contributed by atoms with Gasteiger partial charge in [0.05, 0.1) is 25.4 Å². The van der Waals surface area contributed by atoms with Gasteiger partial charge in [-0.3, -0.25) is 23.4 Å². The summed E-state index contributed by atoms with van der Waals surface area (Å²) in [7, 11) is -4.77. The van der Waals surface area contributed by atoms with Crippen LogP contribution in [0.25, 0.3) is 0 Å². The van der Waals surface area contributed by atoms with E-state index in [9.17, 15) is 34.1 Å². The molecule has 0 radical (unpaired) electrons. The van der Waals surface area contributed by atoms with E-state index in [1.807, 2.05) is 37.3 Å². The lowest BCUT2D eigenvalue weighted by atomic mass is 10.0. The number of hydrogen-bond acceptors (Lipinski definition) is 11. The van der Waals surface area contributed by atoms with Crippen LogP contribution in [0.1, 0.15) is 194 Å². The molecule has 0 saturated carbocycles. The normalized spacial score (nSPS) is 15.1. The molecule has 5 atom stereocenters. The largest absolute Gasteiger partial charge is 0.480 e. The summed E-state index contributed by atoms with van der Waals surface area (Å²) < 4.78 is 32.7.